The molecule has 2 unspecified atom stereocenters. The Morgan fingerprint density at radius 2 is 1.72 bits per heavy atom. The number of allylic oxidation sites excluding steroid dienone is 1. The fourth-order valence-corrected chi connectivity index (χ4v) is 8.73. The van der Waals surface area contributed by atoms with Crippen molar-refractivity contribution in [2.24, 2.45) is 0 Å². The monoisotopic (exact) mass is 803 g/mol. The van der Waals surface area contributed by atoms with Crippen LogP contribution in [0.15, 0.2) is 110 Å². The topological polar surface area (TPSA) is 142 Å². The van der Waals surface area contributed by atoms with Gasteiger partial charge in [-0.1, -0.05) is 49.0 Å². The minimum absolute atomic E-state index is 0.114. The normalized spacial score (nSPS) is 18.3. The highest BCUT2D eigenvalue weighted by molar-refractivity contribution is 6.25. The number of aromatic amines is 1. The fraction of sp³-hybridized carbons (Fsp3) is 0.312. The van der Waals surface area contributed by atoms with Gasteiger partial charge >= 0.3 is 0 Å². The average Bonchev–Trinajstić information content (AvgIpc) is 3.76. The lowest BCUT2D eigenvalue weighted by molar-refractivity contribution is -0.125. The minimum Gasteiger partial charge on any atom is -0.473 e. The van der Waals surface area contributed by atoms with Crippen LogP contribution in [0.2, 0.25) is 0 Å². The summed E-state index contributed by atoms with van der Waals surface area (Å²) in [7, 11) is 0. The number of hydrogen-bond acceptors (Lipinski definition) is 9. The second-order valence-electron chi connectivity index (χ2n) is 16.0. The smallest absolute Gasteiger partial charge is 0.264 e. The predicted molar refractivity (Wildman–Crippen MR) is 232 cm³/mol. The van der Waals surface area contributed by atoms with Gasteiger partial charge in [0.25, 0.3) is 11.8 Å². The van der Waals surface area contributed by atoms with E-state index in [0.29, 0.717) is 54.4 Å². The maximum atomic E-state index is 13.5. The zero-order valence-corrected chi connectivity index (χ0v) is 33.6. The Balaban J connectivity index is 0.685. The van der Waals surface area contributed by atoms with E-state index in [0.717, 1.165) is 102 Å². The molecule has 0 aliphatic carbocycles. The Morgan fingerprint density at radius 1 is 0.850 bits per heavy atom. The quantitative estimate of drug-likeness (QED) is 0.0705. The van der Waals surface area contributed by atoms with Crippen molar-refractivity contribution in [1.82, 2.24) is 30.1 Å². The van der Waals surface area contributed by atoms with Crippen LogP contribution in [0, 0.1) is 0 Å². The van der Waals surface area contributed by atoms with E-state index in [9.17, 15) is 14.4 Å². The summed E-state index contributed by atoms with van der Waals surface area (Å²) in [5, 5.41) is 8.35. The second kappa shape index (κ2) is 17.5. The summed E-state index contributed by atoms with van der Waals surface area (Å²) in [6.45, 7) is 8.63. The van der Waals surface area contributed by atoms with E-state index in [1.54, 1.807) is 24.4 Å². The van der Waals surface area contributed by atoms with E-state index in [1.165, 1.54) is 5.56 Å². The highest BCUT2D eigenvalue weighted by Gasteiger charge is 2.45. The molecule has 6 heterocycles. The molecule has 3 amide bonds. The minimum atomic E-state index is -0.841. The number of fused-ring (bicyclic) bond motifs is 4. The third kappa shape index (κ3) is 8.39. The zero-order valence-electron chi connectivity index (χ0n) is 33.6. The number of nitrogens with one attached hydrogen (secondary N) is 3. The molecule has 12 heteroatoms. The van der Waals surface area contributed by atoms with E-state index < -0.39 is 17.9 Å². The van der Waals surface area contributed by atoms with Gasteiger partial charge in [-0.2, -0.15) is 0 Å². The summed E-state index contributed by atoms with van der Waals surface area (Å²) in [4.78, 5) is 55.4. The molecule has 0 spiro atoms. The number of piperidine rings is 2. The number of ether oxygens (including phenoxy) is 2. The summed E-state index contributed by atoms with van der Waals surface area (Å²) in [5.74, 6) is -0.595. The summed E-state index contributed by atoms with van der Waals surface area (Å²) >= 11 is 0. The second-order valence-corrected chi connectivity index (χ2v) is 16.0. The molecular formula is C48H49N7O5. The van der Waals surface area contributed by atoms with Gasteiger partial charge in [0.1, 0.15) is 12.1 Å². The molecule has 3 aliphatic heterocycles. The number of carbonyl (C=O) groups excluding carboxylic acids is 3. The molecule has 3 aromatic carbocycles. The van der Waals surface area contributed by atoms with E-state index >= 15 is 0 Å². The van der Waals surface area contributed by atoms with Crippen molar-refractivity contribution >= 4 is 45.2 Å². The molecule has 0 bridgehead atoms. The lowest BCUT2D eigenvalue weighted by Crippen LogP contribution is -2.51. The first-order valence-corrected chi connectivity index (χ1v) is 21.0. The Kier molecular flexibility index (Phi) is 11.4. The molecule has 12 nitrogen and oxygen atoms in total. The SMILES string of the molecule is C=C1CCC(N2C(=O)c3cccc(NCc4cccc(CCCOCCCN5CCCC(Oc6ccc(-c7ccc8c(c7)[nH]c7ccncc78)cn6)C5)c4)c3C2=O)C(=O)N1. The number of aromatic nitrogens is 3. The first-order chi connectivity index (χ1) is 29.4. The lowest BCUT2D eigenvalue weighted by Gasteiger charge is -2.32. The first-order valence-electron chi connectivity index (χ1n) is 21.0. The van der Waals surface area contributed by atoms with Crippen LogP contribution in [0.1, 0.15) is 70.4 Å². The van der Waals surface area contributed by atoms with Gasteiger partial charge in [-0.25, -0.2) is 4.98 Å². The average molecular weight is 804 g/mol. The number of benzene rings is 3. The molecule has 306 valence electrons. The Labute approximate surface area is 349 Å². The van der Waals surface area contributed by atoms with Crippen LogP contribution in [0.25, 0.3) is 32.9 Å². The third-order valence-electron chi connectivity index (χ3n) is 11.8. The number of anilines is 1. The molecule has 60 heavy (non-hydrogen) atoms. The van der Waals surface area contributed by atoms with Gasteiger partial charge < -0.3 is 25.1 Å². The lowest BCUT2D eigenvalue weighted by atomic mass is 10.0. The van der Waals surface area contributed by atoms with Crippen LogP contribution in [0.5, 0.6) is 5.88 Å². The maximum Gasteiger partial charge on any atom is 0.264 e. The summed E-state index contributed by atoms with van der Waals surface area (Å²) in [6, 6.07) is 25.2. The first kappa shape index (κ1) is 39.1. The van der Waals surface area contributed by atoms with Crippen molar-refractivity contribution in [3.63, 3.8) is 0 Å². The van der Waals surface area contributed by atoms with Crippen LogP contribution in [-0.2, 0) is 22.5 Å². The number of imide groups is 1. The Morgan fingerprint density at radius 3 is 2.60 bits per heavy atom. The number of likely N-dealkylation sites (tertiary alicyclic amines) is 1. The zero-order chi connectivity index (χ0) is 41.0. The van der Waals surface area contributed by atoms with Gasteiger partial charge in [0.05, 0.1) is 11.1 Å². The number of rotatable bonds is 15. The molecule has 3 N–H and O–H groups in total. The number of hydrogen-bond donors (Lipinski definition) is 3. The number of pyridine rings is 2. The standard InChI is InChI=1S/C48H49N7O5/c1-31-13-17-43(46(56)52-31)55-47(57)38-11-3-12-41(45(38)48(55)58)50-27-33-8-2-7-32(25-33)9-5-23-59-24-6-22-54-21-4-10-36(30-54)60-44-18-15-35(28-51-44)34-14-16-37-39-29-49-20-19-40(39)53-42(37)26-34/h2-3,7-8,11-12,14-16,18-20,25-26,28-29,36,43,50,53H,1,4-6,9-10,13,17,21-24,27,30H2,(H,52,56). The largest absolute Gasteiger partial charge is 0.473 e. The van der Waals surface area contributed by atoms with E-state index in [4.69, 9.17) is 9.47 Å². The summed E-state index contributed by atoms with van der Waals surface area (Å²) in [5.41, 5.74) is 8.41. The summed E-state index contributed by atoms with van der Waals surface area (Å²) in [6.07, 6.45) is 11.5. The van der Waals surface area contributed by atoms with E-state index in [2.05, 4.69) is 73.5 Å². The van der Waals surface area contributed by atoms with Gasteiger partial charge in [-0.15, -0.1) is 0 Å². The van der Waals surface area contributed by atoms with E-state index in [1.807, 2.05) is 36.7 Å². The van der Waals surface area contributed by atoms with Crippen LogP contribution >= 0.6 is 0 Å². The van der Waals surface area contributed by atoms with Crippen LogP contribution in [0.4, 0.5) is 5.69 Å². The maximum absolute atomic E-state index is 13.5. The van der Waals surface area contributed by atoms with Crippen LogP contribution in [-0.4, -0.2) is 87.5 Å². The molecular weight excluding hydrogens is 755 g/mol. The molecule has 3 aliphatic rings. The Hall–Kier alpha value is -6.37. The van der Waals surface area contributed by atoms with Gasteiger partial charge in [0, 0.05) is 96.3 Å². The summed E-state index contributed by atoms with van der Waals surface area (Å²) < 4.78 is 12.4. The number of aryl methyl sites for hydroxylation is 1. The number of nitrogens with zero attached hydrogens (tertiary/aromatic N) is 4. The van der Waals surface area contributed by atoms with Crippen molar-refractivity contribution in [2.75, 3.05) is 38.2 Å². The molecule has 0 saturated carbocycles. The number of amides is 3. The highest BCUT2D eigenvalue weighted by Crippen LogP contribution is 2.34. The highest BCUT2D eigenvalue weighted by atomic mass is 16.5. The van der Waals surface area contributed by atoms with Gasteiger partial charge in [-0.3, -0.25) is 29.2 Å². The van der Waals surface area contributed by atoms with Gasteiger partial charge in [-0.05, 0) is 98.5 Å². The van der Waals surface area contributed by atoms with Crippen LogP contribution < -0.4 is 15.4 Å². The molecule has 3 aromatic heterocycles. The predicted octanol–water partition coefficient (Wildman–Crippen LogP) is 7.66. The van der Waals surface area contributed by atoms with Gasteiger partial charge in [0.2, 0.25) is 11.8 Å². The molecule has 2 atom stereocenters. The Bertz CT molecular complexity index is 2570. The van der Waals surface area contributed by atoms with Crippen molar-refractivity contribution in [3.8, 4) is 17.0 Å². The van der Waals surface area contributed by atoms with Crippen molar-refractivity contribution in [2.45, 2.75) is 63.6 Å². The molecule has 2 saturated heterocycles. The van der Waals surface area contributed by atoms with E-state index in [-0.39, 0.29) is 12.0 Å². The molecule has 0 radical (unpaired) electrons. The molecule has 9 rings (SSSR count). The number of carbonyl (C=O) groups is 3. The van der Waals surface area contributed by atoms with Crippen molar-refractivity contribution in [3.05, 3.63) is 132 Å². The van der Waals surface area contributed by atoms with Crippen LogP contribution in [0.3, 0.4) is 0 Å². The van der Waals surface area contributed by atoms with Crippen molar-refractivity contribution in [1.29, 1.82) is 0 Å². The van der Waals surface area contributed by atoms with Crippen molar-refractivity contribution < 1.29 is 23.9 Å². The molecule has 2 fully saturated rings. The van der Waals surface area contributed by atoms with Gasteiger partial charge in [0.15, 0.2) is 0 Å². The fourth-order valence-electron chi connectivity index (χ4n) is 8.73. The third-order valence-corrected chi connectivity index (χ3v) is 11.8. The molecule has 6 aromatic rings. The number of H-pyrrole nitrogens is 1.